The van der Waals surface area contributed by atoms with Crippen LogP contribution in [0.1, 0.15) is 12.5 Å². The summed E-state index contributed by atoms with van der Waals surface area (Å²) in [5, 5.41) is 0.635. The molecule has 0 saturated heterocycles. The zero-order valence-electron chi connectivity index (χ0n) is 11.1. The summed E-state index contributed by atoms with van der Waals surface area (Å²) in [7, 11) is 0. The first-order valence-electron chi connectivity index (χ1n) is 5.88. The maximum Gasteiger partial charge on any atom is 0.231 e. The van der Waals surface area contributed by atoms with Crippen molar-refractivity contribution < 1.29 is 9.53 Å². The topological polar surface area (TPSA) is 76.1 Å². The lowest BCUT2D eigenvalue weighted by Crippen LogP contribution is -2.30. The Morgan fingerprint density at radius 2 is 2.00 bits per heavy atom. The van der Waals surface area contributed by atoms with Crippen molar-refractivity contribution in [2.45, 2.75) is 18.9 Å². The van der Waals surface area contributed by atoms with Crippen LogP contribution in [-0.2, 0) is 4.79 Å². The molecular formula is C13H14N4O2S. The molecule has 0 spiro atoms. The van der Waals surface area contributed by atoms with Gasteiger partial charge in [-0.25, -0.2) is 9.97 Å². The van der Waals surface area contributed by atoms with Crippen molar-refractivity contribution in [3.63, 3.8) is 0 Å². The molecule has 20 heavy (non-hydrogen) atoms. The van der Waals surface area contributed by atoms with Crippen LogP contribution in [0.15, 0.2) is 41.7 Å². The minimum Gasteiger partial charge on any atom is -0.439 e. The minimum absolute atomic E-state index is 0.178. The predicted octanol–water partition coefficient (Wildman–Crippen LogP) is 2.23. The molecule has 0 aliphatic carbocycles. The van der Waals surface area contributed by atoms with Crippen LogP contribution in [0.3, 0.4) is 0 Å². The predicted molar refractivity (Wildman–Crippen MR) is 76.1 cm³/mol. The average molecular weight is 290 g/mol. The molecule has 104 valence electrons. The number of hydrogen-bond acceptors (Lipinski definition) is 6. The fraction of sp³-hybridized carbons (Fsp3) is 0.154. The lowest BCUT2D eigenvalue weighted by molar-refractivity contribution is -0.119. The standard InChI is InChI=1S/C13H14N4O2S/c1-9-3-5-11(6-4-9)19-12-7-13(15-8-14-12)20-17-16-10(2)18/h3-8,17H,1-2H3,(H,16,18). The summed E-state index contributed by atoms with van der Waals surface area (Å²) in [6.07, 6.45) is 1.40. The van der Waals surface area contributed by atoms with Crippen LogP contribution in [0.5, 0.6) is 11.6 Å². The van der Waals surface area contributed by atoms with Gasteiger partial charge in [0.05, 0.1) is 0 Å². The highest BCUT2D eigenvalue weighted by molar-refractivity contribution is 7.97. The summed E-state index contributed by atoms with van der Waals surface area (Å²) in [6, 6.07) is 9.36. The van der Waals surface area contributed by atoms with Gasteiger partial charge in [-0.05, 0) is 31.0 Å². The van der Waals surface area contributed by atoms with Crippen LogP contribution in [0.4, 0.5) is 0 Å². The van der Waals surface area contributed by atoms with Crippen molar-refractivity contribution >= 4 is 17.9 Å². The summed E-state index contributed by atoms with van der Waals surface area (Å²) >= 11 is 1.16. The van der Waals surface area contributed by atoms with E-state index in [9.17, 15) is 4.79 Å². The maximum atomic E-state index is 10.7. The van der Waals surface area contributed by atoms with Crippen LogP contribution in [0, 0.1) is 6.92 Å². The van der Waals surface area contributed by atoms with Gasteiger partial charge in [-0.2, -0.15) is 4.83 Å². The quantitative estimate of drug-likeness (QED) is 0.499. The second kappa shape index (κ2) is 6.88. The van der Waals surface area contributed by atoms with Gasteiger partial charge in [0.15, 0.2) is 0 Å². The summed E-state index contributed by atoms with van der Waals surface area (Å²) in [5.41, 5.74) is 3.60. The van der Waals surface area contributed by atoms with Crippen LogP contribution >= 0.6 is 11.9 Å². The summed E-state index contributed by atoms with van der Waals surface area (Å²) in [6.45, 7) is 3.43. The highest BCUT2D eigenvalue weighted by atomic mass is 32.2. The molecule has 0 saturated carbocycles. The number of benzene rings is 1. The molecule has 1 aromatic carbocycles. The molecule has 1 amide bonds. The Hall–Kier alpha value is -2.12. The SMILES string of the molecule is CC(=O)NNSc1cc(Oc2ccc(C)cc2)ncn1. The Morgan fingerprint density at radius 3 is 2.70 bits per heavy atom. The van der Waals surface area contributed by atoms with Crippen molar-refractivity contribution in [2.75, 3.05) is 0 Å². The number of hydrogen-bond donors (Lipinski definition) is 2. The summed E-state index contributed by atoms with van der Waals surface area (Å²) in [4.78, 5) is 21.5. The molecule has 1 heterocycles. The van der Waals surface area contributed by atoms with Gasteiger partial charge in [-0.15, -0.1) is 0 Å². The van der Waals surface area contributed by atoms with E-state index in [4.69, 9.17) is 4.74 Å². The number of carbonyl (C=O) groups is 1. The lowest BCUT2D eigenvalue weighted by atomic mass is 10.2. The van der Waals surface area contributed by atoms with Gasteiger partial charge in [0, 0.05) is 13.0 Å². The molecule has 0 unspecified atom stereocenters. The third-order valence-corrected chi connectivity index (χ3v) is 2.88. The smallest absolute Gasteiger partial charge is 0.231 e. The number of rotatable bonds is 5. The number of nitrogens with one attached hydrogen (secondary N) is 2. The van der Waals surface area contributed by atoms with E-state index in [1.807, 2.05) is 31.2 Å². The second-order valence-electron chi connectivity index (χ2n) is 3.99. The molecule has 0 fully saturated rings. The largest absolute Gasteiger partial charge is 0.439 e. The molecule has 2 N–H and O–H groups in total. The van der Waals surface area contributed by atoms with Crippen molar-refractivity contribution in [1.82, 2.24) is 20.2 Å². The zero-order valence-corrected chi connectivity index (χ0v) is 11.9. The molecule has 0 aliphatic rings. The van der Waals surface area contributed by atoms with E-state index >= 15 is 0 Å². The van der Waals surface area contributed by atoms with E-state index in [0.29, 0.717) is 16.7 Å². The van der Waals surface area contributed by atoms with E-state index in [0.717, 1.165) is 17.5 Å². The van der Waals surface area contributed by atoms with Crippen molar-refractivity contribution in [3.8, 4) is 11.6 Å². The third-order valence-electron chi connectivity index (χ3n) is 2.24. The van der Waals surface area contributed by atoms with Crippen molar-refractivity contribution in [2.24, 2.45) is 0 Å². The highest BCUT2D eigenvalue weighted by Crippen LogP contribution is 2.21. The molecule has 1 aromatic heterocycles. The van der Waals surface area contributed by atoms with Crippen LogP contribution in [-0.4, -0.2) is 15.9 Å². The minimum atomic E-state index is -0.178. The Kier molecular flexibility index (Phi) is 4.91. The van der Waals surface area contributed by atoms with Gasteiger partial charge in [-0.1, -0.05) is 17.7 Å². The van der Waals surface area contributed by atoms with Crippen molar-refractivity contribution in [1.29, 1.82) is 0 Å². The van der Waals surface area contributed by atoms with Gasteiger partial charge in [-0.3, -0.25) is 10.2 Å². The molecule has 0 radical (unpaired) electrons. The van der Waals surface area contributed by atoms with Gasteiger partial charge in [0.2, 0.25) is 11.8 Å². The third kappa shape index (κ3) is 4.52. The van der Waals surface area contributed by atoms with E-state index in [2.05, 4.69) is 20.2 Å². The molecular weight excluding hydrogens is 276 g/mol. The Labute approximate surface area is 121 Å². The molecule has 2 aromatic rings. The lowest BCUT2D eigenvalue weighted by Gasteiger charge is -2.06. The van der Waals surface area contributed by atoms with Crippen LogP contribution in [0.2, 0.25) is 0 Å². The Balaban J connectivity index is 1.98. The Bertz CT molecular complexity index is 589. The molecule has 0 atom stereocenters. The van der Waals surface area contributed by atoms with Crippen molar-refractivity contribution in [3.05, 3.63) is 42.2 Å². The van der Waals surface area contributed by atoms with Crippen LogP contribution in [0.25, 0.3) is 0 Å². The summed E-state index contributed by atoms with van der Waals surface area (Å²) in [5.74, 6) is 0.971. The average Bonchev–Trinajstić information content (AvgIpc) is 2.41. The molecule has 0 bridgehead atoms. The zero-order chi connectivity index (χ0) is 14.4. The number of ether oxygens (including phenoxy) is 1. The maximum absolute atomic E-state index is 10.7. The van der Waals surface area contributed by atoms with E-state index < -0.39 is 0 Å². The van der Waals surface area contributed by atoms with Gasteiger partial charge < -0.3 is 4.74 Å². The number of carbonyl (C=O) groups excluding carboxylic acids is 1. The number of hydrazine groups is 1. The Morgan fingerprint density at radius 1 is 1.25 bits per heavy atom. The molecule has 0 aliphatic heterocycles. The highest BCUT2D eigenvalue weighted by Gasteiger charge is 2.02. The number of aromatic nitrogens is 2. The second-order valence-corrected chi connectivity index (χ2v) is 4.82. The van der Waals surface area contributed by atoms with Crippen LogP contribution < -0.4 is 15.0 Å². The fourth-order valence-corrected chi connectivity index (χ4v) is 1.87. The monoisotopic (exact) mass is 290 g/mol. The fourth-order valence-electron chi connectivity index (χ4n) is 1.31. The first kappa shape index (κ1) is 14.3. The first-order chi connectivity index (χ1) is 9.63. The molecule has 7 heteroatoms. The van der Waals surface area contributed by atoms with Gasteiger partial charge in [0.1, 0.15) is 17.1 Å². The van der Waals surface area contributed by atoms with E-state index in [1.54, 1.807) is 6.07 Å². The normalized spacial score (nSPS) is 10.1. The first-order valence-corrected chi connectivity index (χ1v) is 6.70. The molecule has 6 nitrogen and oxygen atoms in total. The van der Waals surface area contributed by atoms with E-state index in [1.165, 1.54) is 13.3 Å². The number of nitrogens with zero attached hydrogens (tertiary/aromatic N) is 2. The van der Waals surface area contributed by atoms with E-state index in [-0.39, 0.29) is 5.91 Å². The van der Waals surface area contributed by atoms with Gasteiger partial charge >= 0.3 is 0 Å². The molecule has 2 rings (SSSR count). The summed E-state index contributed by atoms with van der Waals surface area (Å²) < 4.78 is 5.62. The number of amides is 1. The van der Waals surface area contributed by atoms with Gasteiger partial charge in [0.25, 0.3) is 0 Å². The number of aryl methyl sites for hydroxylation is 1.